The lowest BCUT2D eigenvalue weighted by Crippen LogP contribution is -2.41. The van der Waals surface area contributed by atoms with Crippen LogP contribution in [0, 0.1) is 0 Å². The van der Waals surface area contributed by atoms with Gasteiger partial charge >= 0.3 is 0 Å². The molecule has 0 aromatic heterocycles. The van der Waals surface area contributed by atoms with Crippen molar-refractivity contribution >= 4 is 0 Å². The van der Waals surface area contributed by atoms with E-state index in [0.29, 0.717) is 0 Å². The van der Waals surface area contributed by atoms with Crippen LogP contribution in [0.5, 0.6) is 0 Å². The van der Waals surface area contributed by atoms with Crippen molar-refractivity contribution in [2.75, 3.05) is 6.61 Å². The van der Waals surface area contributed by atoms with Crippen LogP contribution in [0.15, 0.2) is 5.11 Å². The van der Waals surface area contributed by atoms with Crippen LogP contribution in [-0.4, -0.2) is 54.1 Å². The molecule has 0 saturated carbocycles. The number of nitrogens with zero attached hydrogens (tertiary/aromatic N) is 3. The second-order valence-corrected chi connectivity index (χ2v) is 5.63. The van der Waals surface area contributed by atoms with Crippen LogP contribution in [0.4, 0.5) is 0 Å². The standard InChI is InChI=1S/C11H17N3O6/c1-10(2)19-8-6(13-14-12)7(17-9(8)20-10)5-4-16-11(3,15)18-5/h5-9,15H,4H2,1-3H3/t5-,6-,7-,8-,9-,11?/m1/s1. The lowest BCUT2D eigenvalue weighted by atomic mass is 10.0. The van der Waals surface area contributed by atoms with Crippen LogP contribution < -0.4 is 0 Å². The highest BCUT2D eigenvalue weighted by Gasteiger charge is 2.58. The Morgan fingerprint density at radius 1 is 1.20 bits per heavy atom. The van der Waals surface area contributed by atoms with Gasteiger partial charge in [-0.3, -0.25) is 0 Å². The fraction of sp³-hybridized carbons (Fsp3) is 1.00. The van der Waals surface area contributed by atoms with E-state index < -0.39 is 42.4 Å². The van der Waals surface area contributed by atoms with Gasteiger partial charge in [-0.1, -0.05) is 5.11 Å². The molecule has 9 nitrogen and oxygen atoms in total. The molecule has 1 N–H and O–H groups in total. The maximum Gasteiger partial charge on any atom is 0.277 e. The molecule has 3 aliphatic heterocycles. The van der Waals surface area contributed by atoms with E-state index in [-0.39, 0.29) is 6.61 Å². The number of azide groups is 1. The van der Waals surface area contributed by atoms with Gasteiger partial charge in [0.15, 0.2) is 12.1 Å². The highest BCUT2D eigenvalue weighted by molar-refractivity contribution is 5.01. The molecular formula is C11H17N3O6. The predicted molar refractivity (Wildman–Crippen MR) is 63.1 cm³/mol. The summed E-state index contributed by atoms with van der Waals surface area (Å²) in [5.74, 6) is -2.45. The average Bonchev–Trinajstić information content (AvgIpc) is 2.91. The van der Waals surface area contributed by atoms with Crippen molar-refractivity contribution in [3.05, 3.63) is 10.4 Å². The van der Waals surface area contributed by atoms with E-state index >= 15 is 0 Å². The minimum absolute atomic E-state index is 0.137. The quantitative estimate of drug-likeness (QED) is 0.452. The van der Waals surface area contributed by atoms with Crippen LogP contribution in [-0.2, 0) is 23.7 Å². The van der Waals surface area contributed by atoms with Gasteiger partial charge in [0.1, 0.15) is 18.3 Å². The Hall–Kier alpha value is -0.930. The molecule has 3 fully saturated rings. The summed E-state index contributed by atoms with van der Waals surface area (Å²) >= 11 is 0. The van der Waals surface area contributed by atoms with Gasteiger partial charge in [-0.25, -0.2) is 0 Å². The van der Waals surface area contributed by atoms with Crippen LogP contribution in [0.25, 0.3) is 10.4 Å². The number of ether oxygens (including phenoxy) is 5. The Morgan fingerprint density at radius 3 is 2.55 bits per heavy atom. The van der Waals surface area contributed by atoms with Crippen LogP contribution in [0.2, 0.25) is 0 Å². The Balaban J connectivity index is 1.78. The Kier molecular flexibility index (Phi) is 3.18. The first-order valence-corrected chi connectivity index (χ1v) is 6.41. The molecule has 6 atom stereocenters. The van der Waals surface area contributed by atoms with Gasteiger partial charge in [0.25, 0.3) is 5.97 Å². The molecular weight excluding hydrogens is 270 g/mol. The van der Waals surface area contributed by atoms with Crippen molar-refractivity contribution in [3.8, 4) is 0 Å². The maximum absolute atomic E-state index is 9.66. The van der Waals surface area contributed by atoms with Crippen LogP contribution >= 0.6 is 0 Å². The lowest BCUT2D eigenvalue weighted by Gasteiger charge is -2.26. The highest BCUT2D eigenvalue weighted by atomic mass is 16.9. The van der Waals surface area contributed by atoms with Gasteiger partial charge in [-0.05, 0) is 19.4 Å². The summed E-state index contributed by atoms with van der Waals surface area (Å²) < 4.78 is 27.5. The third-order valence-electron chi connectivity index (χ3n) is 3.49. The fourth-order valence-electron chi connectivity index (χ4n) is 2.76. The minimum Gasteiger partial charge on any atom is -0.344 e. The van der Waals surface area contributed by atoms with Gasteiger partial charge in [-0.15, -0.1) is 0 Å². The van der Waals surface area contributed by atoms with E-state index in [1.807, 2.05) is 0 Å². The van der Waals surface area contributed by atoms with Crippen molar-refractivity contribution in [1.29, 1.82) is 0 Å². The molecule has 0 aliphatic carbocycles. The smallest absolute Gasteiger partial charge is 0.277 e. The fourth-order valence-corrected chi connectivity index (χ4v) is 2.76. The zero-order valence-corrected chi connectivity index (χ0v) is 11.4. The summed E-state index contributed by atoms with van der Waals surface area (Å²) in [6.07, 6.45) is -2.27. The van der Waals surface area contributed by atoms with Gasteiger partial charge < -0.3 is 28.8 Å². The summed E-state index contributed by atoms with van der Waals surface area (Å²) in [4.78, 5) is 2.83. The largest absolute Gasteiger partial charge is 0.344 e. The summed E-state index contributed by atoms with van der Waals surface area (Å²) in [6, 6.07) is -0.603. The van der Waals surface area contributed by atoms with Gasteiger partial charge in [0.05, 0.1) is 12.6 Å². The topological polar surface area (TPSA) is 115 Å². The van der Waals surface area contributed by atoms with E-state index in [4.69, 9.17) is 29.2 Å². The molecule has 3 aliphatic rings. The summed E-state index contributed by atoms with van der Waals surface area (Å²) in [6.45, 7) is 5.05. The van der Waals surface area contributed by atoms with Gasteiger partial charge in [-0.2, -0.15) is 0 Å². The van der Waals surface area contributed by atoms with Crippen LogP contribution in [0.1, 0.15) is 20.8 Å². The Bertz CT molecular complexity index is 449. The van der Waals surface area contributed by atoms with E-state index in [0.717, 1.165) is 0 Å². The monoisotopic (exact) mass is 287 g/mol. The third-order valence-corrected chi connectivity index (χ3v) is 3.49. The molecule has 0 radical (unpaired) electrons. The molecule has 3 heterocycles. The Labute approximate surface area is 115 Å². The molecule has 0 spiro atoms. The molecule has 0 aromatic rings. The van der Waals surface area contributed by atoms with Crippen molar-refractivity contribution in [1.82, 2.24) is 0 Å². The van der Waals surface area contributed by atoms with Gasteiger partial charge in [0, 0.05) is 11.8 Å². The molecule has 3 saturated heterocycles. The number of aliphatic hydroxyl groups is 1. The zero-order chi connectivity index (χ0) is 14.5. The highest BCUT2D eigenvalue weighted by Crippen LogP contribution is 2.41. The second-order valence-electron chi connectivity index (χ2n) is 5.63. The van der Waals surface area contributed by atoms with E-state index in [2.05, 4.69) is 10.0 Å². The summed E-state index contributed by atoms with van der Waals surface area (Å²) in [7, 11) is 0. The van der Waals surface area contributed by atoms with E-state index in [1.165, 1.54) is 6.92 Å². The molecule has 9 heteroatoms. The number of hydrogen-bond acceptors (Lipinski definition) is 7. The average molecular weight is 287 g/mol. The molecule has 112 valence electrons. The maximum atomic E-state index is 9.66. The lowest BCUT2D eigenvalue weighted by molar-refractivity contribution is -0.306. The number of hydrogen-bond donors (Lipinski definition) is 1. The van der Waals surface area contributed by atoms with E-state index in [1.54, 1.807) is 13.8 Å². The normalized spacial score (nSPS) is 49.9. The van der Waals surface area contributed by atoms with E-state index in [9.17, 15) is 5.11 Å². The number of rotatable bonds is 2. The van der Waals surface area contributed by atoms with Crippen molar-refractivity contribution in [2.24, 2.45) is 5.11 Å². The summed E-state index contributed by atoms with van der Waals surface area (Å²) in [5, 5.41) is 13.4. The third kappa shape index (κ3) is 2.38. The molecule has 0 aromatic carbocycles. The first-order chi connectivity index (χ1) is 9.31. The molecule has 0 bridgehead atoms. The second kappa shape index (κ2) is 4.54. The predicted octanol–water partition coefficient (Wildman–Crippen LogP) is 0.623. The summed E-state index contributed by atoms with van der Waals surface area (Å²) in [5.41, 5.74) is 8.72. The number of fused-ring (bicyclic) bond motifs is 1. The van der Waals surface area contributed by atoms with Crippen molar-refractivity contribution < 1.29 is 28.8 Å². The first-order valence-electron chi connectivity index (χ1n) is 6.41. The van der Waals surface area contributed by atoms with Crippen molar-refractivity contribution in [2.45, 2.75) is 63.2 Å². The van der Waals surface area contributed by atoms with Crippen LogP contribution in [0.3, 0.4) is 0 Å². The van der Waals surface area contributed by atoms with Crippen molar-refractivity contribution in [3.63, 3.8) is 0 Å². The zero-order valence-electron chi connectivity index (χ0n) is 11.4. The molecule has 3 rings (SSSR count). The molecule has 0 amide bonds. The Morgan fingerprint density at radius 2 is 1.95 bits per heavy atom. The van der Waals surface area contributed by atoms with Gasteiger partial charge in [0.2, 0.25) is 0 Å². The molecule has 1 unspecified atom stereocenters. The SMILES string of the molecule is CC1(C)O[C@H]2O[C@H]([C@H]3COC(C)(O)O3)[C@@H](N=[N+]=[N-])[C@H]2O1. The molecule has 20 heavy (non-hydrogen) atoms. The first kappa shape index (κ1) is 14.0. The minimum atomic E-state index is -1.66.